The zero-order valence-corrected chi connectivity index (χ0v) is 14.7. The zero-order chi connectivity index (χ0) is 15.2. The number of rotatable bonds is 6. The third-order valence-electron chi connectivity index (χ3n) is 3.63. The lowest BCUT2D eigenvalue weighted by Gasteiger charge is -2.21. The Balaban J connectivity index is 2.19. The van der Waals surface area contributed by atoms with Gasteiger partial charge in [0.2, 0.25) is 0 Å². The van der Waals surface area contributed by atoms with E-state index in [-0.39, 0.29) is 11.9 Å². The number of aryl methyl sites for hydroxylation is 1. The van der Waals surface area contributed by atoms with E-state index in [1.807, 2.05) is 12.1 Å². The molecule has 2 rings (SSSR count). The Morgan fingerprint density at radius 1 is 1.14 bits per heavy atom. The van der Waals surface area contributed by atoms with Crippen molar-refractivity contribution in [3.05, 3.63) is 63.0 Å². The lowest BCUT2D eigenvalue weighted by atomic mass is 10.0. The molecule has 0 aromatic heterocycles. The average Bonchev–Trinajstić information content (AvgIpc) is 2.48. The summed E-state index contributed by atoms with van der Waals surface area (Å²) in [4.78, 5) is 0. The molecule has 1 nitrogen and oxygen atoms in total. The molecule has 0 heterocycles. The normalized spacial score (nSPS) is 12.2. The summed E-state index contributed by atoms with van der Waals surface area (Å²) in [6, 6.07) is 13.5. The first kappa shape index (κ1) is 16.3. The third kappa shape index (κ3) is 4.70. The van der Waals surface area contributed by atoms with E-state index in [0.29, 0.717) is 0 Å². The van der Waals surface area contributed by atoms with Crippen molar-refractivity contribution in [3.63, 3.8) is 0 Å². The number of anilines is 1. The van der Waals surface area contributed by atoms with Gasteiger partial charge in [-0.05, 0) is 71.3 Å². The molecular formula is C18H21FIN. The number of nitrogens with one attached hydrogen (secondary N) is 1. The molecule has 1 unspecified atom stereocenters. The summed E-state index contributed by atoms with van der Waals surface area (Å²) in [5, 5.41) is 3.59. The molecule has 2 aromatic rings. The van der Waals surface area contributed by atoms with Gasteiger partial charge in [0.1, 0.15) is 5.82 Å². The molecule has 3 heteroatoms. The van der Waals surface area contributed by atoms with Crippen LogP contribution in [-0.4, -0.2) is 0 Å². The van der Waals surface area contributed by atoms with Gasteiger partial charge in [0, 0.05) is 9.26 Å². The molecule has 2 aromatic carbocycles. The smallest absolute Gasteiger partial charge is 0.123 e. The van der Waals surface area contributed by atoms with Gasteiger partial charge in [-0.1, -0.05) is 38.0 Å². The maximum Gasteiger partial charge on any atom is 0.123 e. The molecule has 0 radical (unpaired) electrons. The molecule has 21 heavy (non-hydrogen) atoms. The number of unbranched alkanes of at least 4 members (excludes halogenated alkanes) is 1. The highest BCUT2D eigenvalue weighted by molar-refractivity contribution is 14.1. The topological polar surface area (TPSA) is 12.0 Å². The van der Waals surface area contributed by atoms with E-state index < -0.39 is 0 Å². The van der Waals surface area contributed by atoms with Crippen LogP contribution in [0.5, 0.6) is 0 Å². The van der Waals surface area contributed by atoms with Crippen molar-refractivity contribution in [3.8, 4) is 0 Å². The Kier molecular flexibility index (Phi) is 6.03. The number of hydrogen-bond acceptors (Lipinski definition) is 1. The Morgan fingerprint density at radius 3 is 2.48 bits per heavy atom. The molecule has 0 spiro atoms. The summed E-state index contributed by atoms with van der Waals surface area (Å²) in [6.07, 6.45) is 3.36. The van der Waals surface area contributed by atoms with Crippen molar-refractivity contribution in [2.75, 3.05) is 5.32 Å². The highest BCUT2D eigenvalue weighted by atomic mass is 127. The number of halogens is 2. The number of hydrogen-bond donors (Lipinski definition) is 1. The molecule has 0 saturated carbocycles. The molecule has 1 N–H and O–H groups in total. The second-order valence-electron chi connectivity index (χ2n) is 5.35. The van der Waals surface area contributed by atoms with E-state index in [2.05, 4.69) is 60.0 Å². The first-order valence-electron chi connectivity index (χ1n) is 7.38. The van der Waals surface area contributed by atoms with E-state index in [9.17, 15) is 4.39 Å². The minimum absolute atomic E-state index is 0.183. The minimum atomic E-state index is -0.183. The number of benzene rings is 2. The second kappa shape index (κ2) is 7.78. The van der Waals surface area contributed by atoms with Gasteiger partial charge in [-0.25, -0.2) is 4.39 Å². The van der Waals surface area contributed by atoms with Crippen LogP contribution in [0.2, 0.25) is 0 Å². The van der Waals surface area contributed by atoms with Crippen LogP contribution < -0.4 is 5.32 Å². The average molecular weight is 397 g/mol. The fourth-order valence-corrected chi connectivity index (χ4v) is 2.82. The SMILES string of the molecule is CCCCC(Nc1ccc(C)c(I)c1)c1ccc(F)cc1. The van der Waals surface area contributed by atoms with Crippen molar-refractivity contribution in [1.29, 1.82) is 0 Å². The van der Waals surface area contributed by atoms with Crippen LogP contribution in [0.3, 0.4) is 0 Å². The quantitative estimate of drug-likeness (QED) is 0.583. The van der Waals surface area contributed by atoms with E-state index in [4.69, 9.17) is 0 Å². The molecule has 0 aliphatic carbocycles. The van der Waals surface area contributed by atoms with Gasteiger partial charge in [0.05, 0.1) is 6.04 Å². The summed E-state index contributed by atoms with van der Waals surface area (Å²) in [6.45, 7) is 4.30. The van der Waals surface area contributed by atoms with Crippen LogP contribution in [-0.2, 0) is 0 Å². The van der Waals surface area contributed by atoms with Gasteiger partial charge in [-0.2, -0.15) is 0 Å². The van der Waals surface area contributed by atoms with Gasteiger partial charge >= 0.3 is 0 Å². The standard InChI is InChI=1S/C18H21FIN/c1-3-4-5-18(14-7-9-15(19)10-8-14)21-16-11-6-13(2)17(20)12-16/h6-12,18,21H,3-5H2,1-2H3. The molecule has 0 fully saturated rings. The van der Waals surface area contributed by atoms with Crippen LogP contribution in [0.15, 0.2) is 42.5 Å². The highest BCUT2D eigenvalue weighted by Crippen LogP contribution is 2.26. The van der Waals surface area contributed by atoms with Crippen LogP contribution in [0.25, 0.3) is 0 Å². The monoisotopic (exact) mass is 397 g/mol. The molecule has 0 aliphatic rings. The molecule has 0 bridgehead atoms. The van der Waals surface area contributed by atoms with Crippen LogP contribution in [0, 0.1) is 16.3 Å². The van der Waals surface area contributed by atoms with E-state index in [1.165, 1.54) is 21.3 Å². The van der Waals surface area contributed by atoms with E-state index in [0.717, 1.165) is 30.5 Å². The lowest BCUT2D eigenvalue weighted by molar-refractivity contribution is 0.616. The fourth-order valence-electron chi connectivity index (χ4n) is 2.31. The van der Waals surface area contributed by atoms with Crippen LogP contribution in [0.1, 0.15) is 43.4 Å². The zero-order valence-electron chi connectivity index (χ0n) is 12.5. The van der Waals surface area contributed by atoms with Gasteiger partial charge in [-0.15, -0.1) is 0 Å². The Morgan fingerprint density at radius 2 is 1.86 bits per heavy atom. The maximum absolute atomic E-state index is 13.1. The first-order chi connectivity index (χ1) is 10.1. The third-order valence-corrected chi connectivity index (χ3v) is 4.79. The van der Waals surface area contributed by atoms with Crippen molar-refractivity contribution >= 4 is 28.3 Å². The lowest BCUT2D eigenvalue weighted by Crippen LogP contribution is -2.11. The minimum Gasteiger partial charge on any atom is -0.378 e. The molecular weight excluding hydrogens is 376 g/mol. The summed E-state index contributed by atoms with van der Waals surface area (Å²) >= 11 is 2.35. The van der Waals surface area contributed by atoms with E-state index in [1.54, 1.807) is 0 Å². The Labute approximate surface area is 140 Å². The van der Waals surface area contributed by atoms with Crippen LogP contribution >= 0.6 is 22.6 Å². The van der Waals surface area contributed by atoms with Crippen LogP contribution in [0.4, 0.5) is 10.1 Å². The summed E-state index contributed by atoms with van der Waals surface area (Å²) < 4.78 is 14.4. The summed E-state index contributed by atoms with van der Waals surface area (Å²) in [7, 11) is 0. The van der Waals surface area contributed by atoms with Gasteiger partial charge in [0.15, 0.2) is 0 Å². The first-order valence-corrected chi connectivity index (χ1v) is 8.46. The molecule has 112 valence electrons. The maximum atomic E-state index is 13.1. The predicted molar refractivity (Wildman–Crippen MR) is 96.2 cm³/mol. The summed E-state index contributed by atoms with van der Waals surface area (Å²) in [5.74, 6) is -0.183. The van der Waals surface area contributed by atoms with Crippen molar-refractivity contribution in [2.24, 2.45) is 0 Å². The van der Waals surface area contributed by atoms with Crippen molar-refractivity contribution < 1.29 is 4.39 Å². The van der Waals surface area contributed by atoms with E-state index >= 15 is 0 Å². The molecule has 0 aliphatic heterocycles. The molecule has 1 atom stereocenters. The molecule has 0 saturated heterocycles. The Bertz CT molecular complexity index is 580. The van der Waals surface area contributed by atoms with Gasteiger partial charge in [-0.3, -0.25) is 0 Å². The summed E-state index contributed by atoms with van der Waals surface area (Å²) in [5.41, 5.74) is 3.55. The van der Waals surface area contributed by atoms with Gasteiger partial charge < -0.3 is 5.32 Å². The fraction of sp³-hybridized carbons (Fsp3) is 0.333. The second-order valence-corrected chi connectivity index (χ2v) is 6.52. The van der Waals surface area contributed by atoms with Crippen molar-refractivity contribution in [1.82, 2.24) is 0 Å². The Hall–Kier alpha value is -1.10. The highest BCUT2D eigenvalue weighted by Gasteiger charge is 2.11. The largest absolute Gasteiger partial charge is 0.378 e. The van der Waals surface area contributed by atoms with Crippen molar-refractivity contribution in [2.45, 2.75) is 39.2 Å². The predicted octanol–water partition coefficient (Wildman–Crippen LogP) is 6.08. The van der Waals surface area contributed by atoms with Gasteiger partial charge in [0.25, 0.3) is 0 Å². The molecule has 0 amide bonds.